The Balaban J connectivity index is 0.00000243. The number of carbonyl (C=O) groups excluding carboxylic acids is 1. The molecule has 3 rings (SSSR count). The van der Waals surface area contributed by atoms with Gasteiger partial charge in [-0.3, -0.25) is 4.79 Å². The van der Waals surface area contributed by atoms with Crippen molar-refractivity contribution < 1.29 is 4.79 Å². The van der Waals surface area contributed by atoms with Gasteiger partial charge in [0, 0.05) is 18.7 Å². The fraction of sp³-hybridized carbons (Fsp3) is 0.368. The van der Waals surface area contributed by atoms with Crippen LogP contribution in [0.15, 0.2) is 42.5 Å². The zero-order valence-corrected chi connectivity index (χ0v) is 16.6. The van der Waals surface area contributed by atoms with Gasteiger partial charge in [0.05, 0.1) is 5.02 Å². The van der Waals surface area contributed by atoms with Crippen molar-refractivity contribution in [3.8, 4) is 0 Å². The maximum absolute atomic E-state index is 12.4. The molecule has 0 radical (unpaired) electrons. The second-order valence-corrected chi connectivity index (χ2v) is 6.87. The van der Waals surface area contributed by atoms with Crippen LogP contribution in [-0.4, -0.2) is 49.0 Å². The first-order chi connectivity index (χ1) is 12.0. The van der Waals surface area contributed by atoms with Crippen LogP contribution in [0, 0.1) is 0 Å². The Labute approximate surface area is 165 Å². The third kappa shape index (κ3) is 4.87. The first kappa shape index (κ1) is 20.5. The lowest BCUT2D eigenvalue weighted by atomic mass is 10.0. The molecule has 0 saturated carbocycles. The molecule has 1 fully saturated rings. The van der Waals surface area contributed by atoms with Gasteiger partial charge in [0.15, 0.2) is 5.82 Å². The Morgan fingerprint density at radius 2 is 1.85 bits per heavy atom. The molecule has 140 valence electrons. The molecule has 1 aliphatic heterocycles. The fourth-order valence-electron chi connectivity index (χ4n) is 3.05. The van der Waals surface area contributed by atoms with Gasteiger partial charge in [-0.05, 0) is 57.2 Å². The molecule has 1 N–H and O–H groups in total. The second-order valence-electron chi connectivity index (χ2n) is 6.47. The summed E-state index contributed by atoms with van der Waals surface area (Å²) in [6.45, 7) is 2.17. The van der Waals surface area contributed by atoms with Gasteiger partial charge in [0.1, 0.15) is 5.82 Å². The lowest BCUT2D eigenvalue weighted by Gasteiger charge is -2.35. The fourth-order valence-corrected chi connectivity index (χ4v) is 3.21. The molecule has 2 heterocycles. The second kappa shape index (κ2) is 9.21. The van der Waals surface area contributed by atoms with E-state index < -0.39 is 0 Å². The number of benzene rings is 1. The standard InChI is InChI=1S/C19H23ClN4O.ClH/c1-23-12-10-15(11-13-23)24(2)17-9-8-16(20)18(21-17)22-19(25)14-6-4-3-5-7-14;/h3-9,15H,10-13H2,1-2H3,(H,21,22,25);1H. The summed E-state index contributed by atoms with van der Waals surface area (Å²) in [6, 6.07) is 13.2. The number of anilines is 2. The molecule has 0 unspecified atom stereocenters. The lowest BCUT2D eigenvalue weighted by molar-refractivity contribution is 0.102. The van der Waals surface area contributed by atoms with E-state index in [1.807, 2.05) is 24.3 Å². The van der Waals surface area contributed by atoms with Gasteiger partial charge >= 0.3 is 0 Å². The molecule has 0 bridgehead atoms. The van der Waals surface area contributed by atoms with Crippen molar-refractivity contribution in [3.63, 3.8) is 0 Å². The smallest absolute Gasteiger partial charge is 0.256 e. The Hall–Kier alpha value is -1.82. The number of rotatable bonds is 4. The van der Waals surface area contributed by atoms with E-state index >= 15 is 0 Å². The van der Waals surface area contributed by atoms with E-state index in [0.29, 0.717) is 22.4 Å². The van der Waals surface area contributed by atoms with Crippen molar-refractivity contribution in [1.29, 1.82) is 0 Å². The summed E-state index contributed by atoms with van der Waals surface area (Å²) in [4.78, 5) is 21.5. The largest absolute Gasteiger partial charge is 0.357 e. The van der Waals surface area contributed by atoms with Gasteiger partial charge in [0.2, 0.25) is 0 Å². The number of hydrogen-bond donors (Lipinski definition) is 1. The van der Waals surface area contributed by atoms with Crippen LogP contribution >= 0.6 is 24.0 Å². The first-order valence-corrected chi connectivity index (χ1v) is 8.86. The predicted molar refractivity (Wildman–Crippen MR) is 110 cm³/mol. The zero-order chi connectivity index (χ0) is 17.8. The quantitative estimate of drug-likeness (QED) is 0.852. The number of pyridine rings is 1. The summed E-state index contributed by atoms with van der Waals surface area (Å²) >= 11 is 6.23. The number of likely N-dealkylation sites (tertiary alicyclic amines) is 1. The number of halogens is 2. The molecular weight excluding hydrogens is 371 g/mol. The van der Waals surface area contributed by atoms with E-state index in [1.165, 1.54) is 0 Å². The van der Waals surface area contributed by atoms with E-state index in [2.05, 4.69) is 34.2 Å². The number of carbonyl (C=O) groups is 1. The minimum absolute atomic E-state index is 0. The molecule has 0 spiro atoms. The Morgan fingerprint density at radius 1 is 1.19 bits per heavy atom. The molecule has 0 atom stereocenters. The van der Waals surface area contributed by atoms with Crippen LogP contribution in [0.3, 0.4) is 0 Å². The summed E-state index contributed by atoms with van der Waals surface area (Å²) in [5.41, 5.74) is 0.578. The molecule has 5 nitrogen and oxygen atoms in total. The van der Waals surface area contributed by atoms with Crippen molar-refractivity contribution in [1.82, 2.24) is 9.88 Å². The highest BCUT2D eigenvalue weighted by molar-refractivity contribution is 6.33. The van der Waals surface area contributed by atoms with Crippen LogP contribution in [0.5, 0.6) is 0 Å². The maximum atomic E-state index is 12.4. The van der Waals surface area contributed by atoms with Crippen LogP contribution in [0.4, 0.5) is 11.6 Å². The summed E-state index contributed by atoms with van der Waals surface area (Å²) in [7, 11) is 4.20. The van der Waals surface area contributed by atoms with Gasteiger partial charge in [-0.15, -0.1) is 12.4 Å². The molecule has 1 aliphatic rings. The number of nitrogens with zero attached hydrogens (tertiary/aromatic N) is 3. The highest BCUT2D eigenvalue weighted by Crippen LogP contribution is 2.26. The van der Waals surface area contributed by atoms with Gasteiger partial charge < -0.3 is 15.1 Å². The molecule has 2 aromatic rings. The molecule has 1 saturated heterocycles. The van der Waals surface area contributed by atoms with Crippen molar-refractivity contribution >= 4 is 41.6 Å². The van der Waals surface area contributed by atoms with Crippen LogP contribution in [-0.2, 0) is 0 Å². The van der Waals surface area contributed by atoms with E-state index in [1.54, 1.807) is 18.2 Å². The highest BCUT2D eigenvalue weighted by atomic mass is 35.5. The van der Waals surface area contributed by atoms with Crippen molar-refractivity contribution in [2.24, 2.45) is 0 Å². The van der Waals surface area contributed by atoms with Gasteiger partial charge in [-0.25, -0.2) is 4.98 Å². The number of aromatic nitrogens is 1. The zero-order valence-electron chi connectivity index (χ0n) is 15.0. The van der Waals surface area contributed by atoms with Crippen LogP contribution in [0.2, 0.25) is 5.02 Å². The average molecular weight is 395 g/mol. The van der Waals surface area contributed by atoms with Crippen LogP contribution in [0.25, 0.3) is 0 Å². The Kier molecular flexibility index (Phi) is 7.26. The Bertz CT molecular complexity index is 734. The van der Waals surface area contributed by atoms with Crippen molar-refractivity contribution in [2.75, 3.05) is 37.4 Å². The monoisotopic (exact) mass is 394 g/mol. The minimum Gasteiger partial charge on any atom is -0.357 e. The summed E-state index contributed by atoms with van der Waals surface area (Å²) in [6.07, 6.45) is 2.20. The summed E-state index contributed by atoms with van der Waals surface area (Å²) in [5, 5.41) is 3.25. The highest BCUT2D eigenvalue weighted by Gasteiger charge is 2.22. The van der Waals surface area contributed by atoms with Crippen molar-refractivity contribution in [3.05, 3.63) is 53.1 Å². The third-order valence-electron chi connectivity index (χ3n) is 4.70. The first-order valence-electron chi connectivity index (χ1n) is 8.49. The predicted octanol–water partition coefficient (Wildman–Crippen LogP) is 3.94. The van der Waals surface area contributed by atoms with E-state index in [0.717, 1.165) is 31.7 Å². The molecule has 0 aliphatic carbocycles. The number of amides is 1. The van der Waals surface area contributed by atoms with Crippen LogP contribution in [0.1, 0.15) is 23.2 Å². The molecule has 26 heavy (non-hydrogen) atoms. The summed E-state index contributed by atoms with van der Waals surface area (Å²) < 4.78 is 0. The number of piperidine rings is 1. The maximum Gasteiger partial charge on any atom is 0.256 e. The lowest BCUT2D eigenvalue weighted by Crippen LogP contribution is -2.42. The van der Waals surface area contributed by atoms with Crippen LogP contribution < -0.4 is 10.2 Å². The molecule has 1 aromatic carbocycles. The van der Waals surface area contributed by atoms with E-state index in [9.17, 15) is 4.79 Å². The molecular formula is C19H24Cl2N4O. The molecule has 1 amide bonds. The van der Waals surface area contributed by atoms with Crippen molar-refractivity contribution in [2.45, 2.75) is 18.9 Å². The van der Waals surface area contributed by atoms with E-state index in [-0.39, 0.29) is 18.3 Å². The summed E-state index contributed by atoms with van der Waals surface area (Å²) in [5.74, 6) is 1.00. The number of hydrogen-bond acceptors (Lipinski definition) is 4. The van der Waals surface area contributed by atoms with E-state index in [4.69, 9.17) is 11.6 Å². The topological polar surface area (TPSA) is 48.5 Å². The molecule has 7 heteroatoms. The SMILES string of the molecule is CN1CCC(N(C)c2ccc(Cl)c(NC(=O)c3ccccc3)n2)CC1.Cl. The van der Waals surface area contributed by atoms with Gasteiger partial charge in [-0.2, -0.15) is 0 Å². The number of nitrogens with one attached hydrogen (secondary N) is 1. The molecule has 1 aromatic heterocycles. The third-order valence-corrected chi connectivity index (χ3v) is 5.00. The normalized spacial score (nSPS) is 15.2. The average Bonchev–Trinajstić information content (AvgIpc) is 2.64. The minimum atomic E-state index is -0.214. The van der Waals surface area contributed by atoms with Gasteiger partial charge in [0.25, 0.3) is 5.91 Å². The Morgan fingerprint density at radius 3 is 2.50 bits per heavy atom. The van der Waals surface area contributed by atoms with Gasteiger partial charge in [-0.1, -0.05) is 29.8 Å².